The van der Waals surface area contributed by atoms with Crippen LogP contribution in [-0.4, -0.2) is 29.2 Å². The number of hydrogen-bond acceptors (Lipinski definition) is 4. The zero-order chi connectivity index (χ0) is 19.4. The third kappa shape index (κ3) is 3.67. The van der Waals surface area contributed by atoms with Crippen LogP contribution in [0.5, 0.6) is 0 Å². The van der Waals surface area contributed by atoms with Crippen LogP contribution >= 0.6 is 0 Å². The molecule has 138 valence electrons. The van der Waals surface area contributed by atoms with Crippen molar-refractivity contribution in [1.29, 1.82) is 0 Å². The predicted octanol–water partition coefficient (Wildman–Crippen LogP) is 4.14. The molecule has 0 aliphatic carbocycles. The summed E-state index contributed by atoms with van der Waals surface area (Å²) in [5, 5.41) is 5.83. The van der Waals surface area contributed by atoms with Gasteiger partial charge in [-0.2, -0.15) is 5.10 Å². The van der Waals surface area contributed by atoms with E-state index in [1.807, 2.05) is 43.3 Å². The van der Waals surface area contributed by atoms with E-state index in [4.69, 9.17) is 4.74 Å². The Morgan fingerprint density at radius 1 is 1.00 bits per heavy atom. The average molecular weight is 362 g/mol. The van der Waals surface area contributed by atoms with Crippen LogP contribution in [0.15, 0.2) is 77.0 Å². The van der Waals surface area contributed by atoms with E-state index in [2.05, 4.69) is 5.10 Å². The number of rotatable bonds is 4. The first-order valence-corrected chi connectivity index (χ1v) is 8.92. The Labute approximate surface area is 159 Å². The molecule has 0 radical (unpaired) electrons. The second kappa shape index (κ2) is 7.99. The molecular formula is C22H22N2O3. The Bertz CT molecular complexity index is 902. The minimum absolute atomic E-state index is 0.264. The maximum Gasteiger partial charge on any atom is 0.336 e. The molecule has 3 rings (SSSR count). The Balaban J connectivity index is 2.09. The molecule has 5 nitrogen and oxygen atoms in total. The standard InChI is InChI=1S/C22H22N2O3/c1-4-27-22(26)20-16(3)24(21(25)18-13-9-6-10-14-18)23-15(2)19(20)17-11-7-5-8-12-17/h5-14,19H,4H2,1-3H3. The fraction of sp³-hybridized carbons (Fsp3) is 0.227. The summed E-state index contributed by atoms with van der Waals surface area (Å²) in [6.45, 7) is 5.59. The van der Waals surface area contributed by atoms with Crippen LogP contribution in [0.4, 0.5) is 0 Å². The van der Waals surface area contributed by atoms with Gasteiger partial charge in [-0.05, 0) is 38.5 Å². The minimum atomic E-state index is -0.427. The molecule has 0 aromatic heterocycles. The summed E-state index contributed by atoms with van der Waals surface area (Å²) in [5.41, 5.74) is 3.04. The van der Waals surface area contributed by atoms with Crippen molar-refractivity contribution in [3.63, 3.8) is 0 Å². The van der Waals surface area contributed by atoms with Crippen molar-refractivity contribution in [2.24, 2.45) is 5.10 Å². The lowest BCUT2D eigenvalue weighted by atomic mass is 9.85. The van der Waals surface area contributed by atoms with Crippen LogP contribution in [0.2, 0.25) is 0 Å². The van der Waals surface area contributed by atoms with E-state index in [0.717, 1.165) is 5.56 Å². The fourth-order valence-electron chi connectivity index (χ4n) is 3.25. The van der Waals surface area contributed by atoms with Gasteiger partial charge in [0.1, 0.15) is 0 Å². The number of hydrogen-bond donors (Lipinski definition) is 0. The highest BCUT2D eigenvalue weighted by Gasteiger charge is 2.36. The predicted molar refractivity (Wildman–Crippen MR) is 104 cm³/mol. The first-order chi connectivity index (χ1) is 13.0. The minimum Gasteiger partial charge on any atom is -0.463 e. The highest BCUT2D eigenvalue weighted by Crippen LogP contribution is 2.35. The molecular weight excluding hydrogens is 340 g/mol. The third-order valence-electron chi connectivity index (χ3n) is 4.51. The average Bonchev–Trinajstić information content (AvgIpc) is 2.70. The molecule has 0 saturated heterocycles. The molecule has 27 heavy (non-hydrogen) atoms. The molecule has 1 heterocycles. The van der Waals surface area contributed by atoms with Crippen LogP contribution < -0.4 is 0 Å². The lowest BCUT2D eigenvalue weighted by molar-refractivity contribution is -0.138. The number of allylic oxidation sites excluding steroid dienone is 1. The van der Waals surface area contributed by atoms with Crippen LogP contribution in [-0.2, 0) is 9.53 Å². The molecule has 0 spiro atoms. The van der Waals surface area contributed by atoms with E-state index in [-0.39, 0.29) is 18.4 Å². The molecule has 1 amide bonds. The van der Waals surface area contributed by atoms with Gasteiger partial charge in [-0.15, -0.1) is 0 Å². The Hall–Kier alpha value is -3.21. The van der Waals surface area contributed by atoms with Crippen molar-refractivity contribution < 1.29 is 14.3 Å². The summed E-state index contributed by atoms with van der Waals surface area (Å²) in [7, 11) is 0. The van der Waals surface area contributed by atoms with E-state index < -0.39 is 5.97 Å². The van der Waals surface area contributed by atoms with Gasteiger partial charge in [0.2, 0.25) is 0 Å². The summed E-state index contributed by atoms with van der Waals surface area (Å²) in [6, 6.07) is 18.6. The maximum absolute atomic E-state index is 13.0. The van der Waals surface area contributed by atoms with Gasteiger partial charge in [-0.1, -0.05) is 48.5 Å². The quantitative estimate of drug-likeness (QED) is 0.768. The smallest absolute Gasteiger partial charge is 0.336 e. The number of amides is 1. The molecule has 0 bridgehead atoms. The summed E-state index contributed by atoms with van der Waals surface area (Å²) in [5.74, 6) is -1.05. The molecule has 2 aromatic carbocycles. The SMILES string of the molecule is CCOC(=O)C1=C(C)N(C(=O)c2ccccc2)N=C(C)C1c1ccccc1. The molecule has 0 fully saturated rings. The number of ether oxygens (including phenoxy) is 1. The van der Waals surface area contributed by atoms with Gasteiger partial charge in [0.15, 0.2) is 0 Å². The summed E-state index contributed by atoms with van der Waals surface area (Å²) in [6.07, 6.45) is 0. The topological polar surface area (TPSA) is 59.0 Å². The number of carbonyl (C=O) groups is 2. The zero-order valence-corrected chi connectivity index (χ0v) is 15.7. The summed E-state index contributed by atoms with van der Waals surface area (Å²) >= 11 is 0. The number of esters is 1. The molecule has 0 saturated carbocycles. The summed E-state index contributed by atoms with van der Waals surface area (Å²) < 4.78 is 5.30. The van der Waals surface area contributed by atoms with E-state index in [0.29, 0.717) is 22.5 Å². The van der Waals surface area contributed by atoms with Crippen molar-refractivity contribution in [3.05, 3.63) is 83.1 Å². The molecule has 2 aromatic rings. The van der Waals surface area contributed by atoms with Crippen LogP contribution in [0.1, 0.15) is 42.6 Å². The molecule has 1 atom stereocenters. The first-order valence-electron chi connectivity index (χ1n) is 8.92. The first kappa shape index (κ1) is 18.6. The second-order valence-electron chi connectivity index (χ2n) is 6.29. The van der Waals surface area contributed by atoms with E-state index in [1.165, 1.54) is 5.01 Å². The Morgan fingerprint density at radius 3 is 2.19 bits per heavy atom. The van der Waals surface area contributed by atoms with E-state index in [1.54, 1.807) is 38.1 Å². The lowest BCUT2D eigenvalue weighted by Gasteiger charge is -2.31. The molecule has 1 aliphatic rings. The van der Waals surface area contributed by atoms with Gasteiger partial charge in [-0.25, -0.2) is 9.80 Å². The molecule has 1 unspecified atom stereocenters. The second-order valence-corrected chi connectivity index (χ2v) is 6.29. The third-order valence-corrected chi connectivity index (χ3v) is 4.51. The van der Waals surface area contributed by atoms with E-state index >= 15 is 0 Å². The van der Waals surface area contributed by atoms with Crippen LogP contribution in [0.25, 0.3) is 0 Å². The van der Waals surface area contributed by atoms with Gasteiger partial charge in [0, 0.05) is 11.3 Å². The van der Waals surface area contributed by atoms with Gasteiger partial charge in [0.05, 0.1) is 23.8 Å². The van der Waals surface area contributed by atoms with Crippen LogP contribution in [0, 0.1) is 0 Å². The summed E-state index contributed by atoms with van der Waals surface area (Å²) in [4.78, 5) is 25.7. The number of nitrogens with zero attached hydrogens (tertiary/aromatic N) is 2. The van der Waals surface area contributed by atoms with Crippen molar-refractivity contribution in [2.75, 3.05) is 6.61 Å². The normalized spacial score (nSPS) is 16.8. The van der Waals surface area contributed by atoms with E-state index in [9.17, 15) is 9.59 Å². The van der Waals surface area contributed by atoms with Crippen molar-refractivity contribution in [1.82, 2.24) is 5.01 Å². The van der Waals surface area contributed by atoms with Gasteiger partial charge < -0.3 is 4.74 Å². The lowest BCUT2D eigenvalue weighted by Crippen LogP contribution is -2.35. The zero-order valence-electron chi connectivity index (χ0n) is 15.7. The van der Waals surface area contributed by atoms with Gasteiger partial charge in [0.25, 0.3) is 5.91 Å². The fourth-order valence-corrected chi connectivity index (χ4v) is 3.25. The Kier molecular flexibility index (Phi) is 5.50. The Morgan fingerprint density at radius 2 is 1.59 bits per heavy atom. The highest BCUT2D eigenvalue weighted by molar-refractivity contribution is 6.06. The molecule has 5 heteroatoms. The maximum atomic E-state index is 13.0. The monoisotopic (exact) mass is 362 g/mol. The molecule has 1 aliphatic heterocycles. The number of hydrazone groups is 1. The van der Waals surface area contributed by atoms with Gasteiger partial charge in [-0.3, -0.25) is 4.79 Å². The van der Waals surface area contributed by atoms with Gasteiger partial charge >= 0.3 is 5.97 Å². The number of carbonyl (C=O) groups excluding carboxylic acids is 2. The van der Waals surface area contributed by atoms with Crippen molar-refractivity contribution in [3.8, 4) is 0 Å². The highest BCUT2D eigenvalue weighted by atomic mass is 16.5. The molecule has 0 N–H and O–H groups in total. The van der Waals surface area contributed by atoms with Crippen molar-refractivity contribution >= 4 is 17.6 Å². The van der Waals surface area contributed by atoms with Crippen LogP contribution in [0.3, 0.4) is 0 Å². The van der Waals surface area contributed by atoms with Crippen molar-refractivity contribution in [2.45, 2.75) is 26.7 Å². The largest absolute Gasteiger partial charge is 0.463 e. The number of benzene rings is 2.